The minimum atomic E-state index is -0.0237. The van der Waals surface area contributed by atoms with Crippen LogP contribution in [0.15, 0.2) is 24.3 Å². The van der Waals surface area contributed by atoms with Crippen molar-refractivity contribution in [2.45, 2.75) is 46.0 Å². The number of anilines is 2. The van der Waals surface area contributed by atoms with Crippen LogP contribution < -0.4 is 10.2 Å². The largest absolute Gasteiger partial charge is 0.368 e. The average Bonchev–Trinajstić information content (AvgIpc) is 2.69. The van der Waals surface area contributed by atoms with Crippen LogP contribution >= 0.6 is 0 Å². The molecule has 26 heavy (non-hydrogen) atoms. The lowest BCUT2D eigenvalue weighted by atomic mass is 9.88. The molecule has 5 heteroatoms. The van der Waals surface area contributed by atoms with E-state index in [2.05, 4.69) is 27.2 Å². The summed E-state index contributed by atoms with van der Waals surface area (Å²) in [4.78, 5) is 28.8. The van der Waals surface area contributed by atoms with Crippen LogP contribution in [0.4, 0.5) is 11.4 Å². The lowest BCUT2D eigenvalue weighted by Crippen LogP contribution is -2.50. The van der Waals surface area contributed by atoms with Gasteiger partial charge in [-0.25, -0.2) is 0 Å². The van der Waals surface area contributed by atoms with E-state index in [1.54, 1.807) is 0 Å². The minimum Gasteiger partial charge on any atom is -0.368 e. The molecule has 0 unspecified atom stereocenters. The molecule has 142 valence electrons. The highest BCUT2D eigenvalue weighted by atomic mass is 16.2. The Morgan fingerprint density at radius 2 is 1.58 bits per heavy atom. The summed E-state index contributed by atoms with van der Waals surface area (Å²) in [5.41, 5.74) is 1.98. The van der Waals surface area contributed by atoms with E-state index in [4.69, 9.17) is 0 Å². The smallest absolute Gasteiger partial charge is 0.226 e. The van der Waals surface area contributed by atoms with Crippen molar-refractivity contribution in [2.75, 3.05) is 36.4 Å². The first kappa shape index (κ1) is 18.7. The van der Waals surface area contributed by atoms with Gasteiger partial charge < -0.3 is 15.1 Å². The Morgan fingerprint density at radius 3 is 2.15 bits per heavy atom. The van der Waals surface area contributed by atoms with Gasteiger partial charge in [-0.2, -0.15) is 0 Å². The van der Waals surface area contributed by atoms with Crippen molar-refractivity contribution in [3.8, 4) is 0 Å². The Balaban J connectivity index is 1.51. The summed E-state index contributed by atoms with van der Waals surface area (Å²) in [5.74, 6) is 0.646. The number of rotatable bonds is 4. The molecular formula is C21H31N3O2. The predicted molar refractivity (Wildman–Crippen MR) is 105 cm³/mol. The van der Waals surface area contributed by atoms with Crippen LogP contribution in [0.25, 0.3) is 0 Å². The van der Waals surface area contributed by atoms with Gasteiger partial charge in [0.15, 0.2) is 0 Å². The number of hydrogen-bond acceptors (Lipinski definition) is 3. The molecule has 1 aliphatic heterocycles. The van der Waals surface area contributed by atoms with Crippen LogP contribution in [0.2, 0.25) is 0 Å². The third-order valence-electron chi connectivity index (χ3n) is 5.57. The van der Waals surface area contributed by atoms with Gasteiger partial charge in [-0.1, -0.05) is 33.1 Å². The number of carbonyl (C=O) groups excluding carboxylic acids is 2. The van der Waals surface area contributed by atoms with E-state index < -0.39 is 0 Å². The molecule has 3 rings (SSSR count). The number of benzene rings is 1. The van der Waals surface area contributed by atoms with Gasteiger partial charge in [0.05, 0.1) is 0 Å². The summed E-state index contributed by atoms with van der Waals surface area (Å²) < 4.78 is 0. The number of hydrogen-bond donors (Lipinski definition) is 1. The van der Waals surface area contributed by atoms with Crippen LogP contribution in [0.3, 0.4) is 0 Å². The molecule has 0 atom stereocenters. The van der Waals surface area contributed by atoms with Crippen LogP contribution in [-0.2, 0) is 9.59 Å². The molecule has 2 amide bonds. The molecule has 2 fully saturated rings. The van der Waals surface area contributed by atoms with Gasteiger partial charge in [-0.15, -0.1) is 0 Å². The second-order valence-corrected chi connectivity index (χ2v) is 7.84. The first-order valence-electron chi connectivity index (χ1n) is 9.99. The maximum absolute atomic E-state index is 12.7. The fourth-order valence-electron chi connectivity index (χ4n) is 3.83. The van der Waals surface area contributed by atoms with Crippen molar-refractivity contribution in [2.24, 2.45) is 11.8 Å². The quantitative estimate of drug-likeness (QED) is 0.897. The second-order valence-electron chi connectivity index (χ2n) is 7.84. The summed E-state index contributed by atoms with van der Waals surface area (Å²) in [6, 6.07) is 8.01. The van der Waals surface area contributed by atoms with E-state index in [1.807, 2.05) is 26.0 Å². The highest BCUT2D eigenvalue weighted by Gasteiger charge is 2.28. The highest BCUT2D eigenvalue weighted by molar-refractivity contribution is 5.92. The van der Waals surface area contributed by atoms with Gasteiger partial charge in [0.1, 0.15) is 0 Å². The number of nitrogens with zero attached hydrogens (tertiary/aromatic N) is 2. The van der Waals surface area contributed by atoms with Gasteiger partial charge >= 0.3 is 0 Å². The average molecular weight is 357 g/mol. The molecule has 0 radical (unpaired) electrons. The molecule has 1 aromatic carbocycles. The molecule has 1 saturated heterocycles. The van der Waals surface area contributed by atoms with Gasteiger partial charge in [-0.05, 0) is 37.1 Å². The maximum atomic E-state index is 12.7. The first-order chi connectivity index (χ1) is 12.5. The molecule has 1 heterocycles. The fourth-order valence-corrected chi connectivity index (χ4v) is 3.83. The van der Waals surface area contributed by atoms with Crippen LogP contribution in [0.5, 0.6) is 0 Å². The van der Waals surface area contributed by atoms with Crippen molar-refractivity contribution in [1.82, 2.24) is 4.90 Å². The van der Waals surface area contributed by atoms with Gasteiger partial charge in [-0.3, -0.25) is 9.59 Å². The standard InChI is InChI=1S/C21H31N3O2/c1-16(2)20(25)22-18-8-10-19(11-9-18)23-12-14-24(15-13-23)21(26)17-6-4-3-5-7-17/h8-11,16-17H,3-7,12-15H2,1-2H3,(H,22,25). The number of piperazine rings is 1. The monoisotopic (exact) mass is 357 g/mol. The minimum absolute atomic E-state index is 0.0237. The second kappa shape index (κ2) is 8.56. The Morgan fingerprint density at radius 1 is 0.962 bits per heavy atom. The van der Waals surface area contributed by atoms with Gasteiger partial charge in [0, 0.05) is 49.4 Å². The van der Waals surface area contributed by atoms with Crippen molar-refractivity contribution < 1.29 is 9.59 Å². The zero-order chi connectivity index (χ0) is 18.5. The number of nitrogens with one attached hydrogen (secondary N) is 1. The summed E-state index contributed by atoms with van der Waals surface area (Å²) in [6.07, 6.45) is 5.84. The van der Waals surface area contributed by atoms with Crippen molar-refractivity contribution in [3.63, 3.8) is 0 Å². The lowest BCUT2D eigenvalue weighted by molar-refractivity contribution is -0.136. The highest BCUT2D eigenvalue weighted by Crippen LogP contribution is 2.26. The third kappa shape index (κ3) is 4.57. The molecule has 5 nitrogen and oxygen atoms in total. The van der Waals surface area contributed by atoms with Gasteiger partial charge in [0.25, 0.3) is 0 Å². The molecule has 1 aliphatic carbocycles. The van der Waals surface area contributed by atoms with E-state index in [-0.39, 0.29) is 17.7 Å². The first-order valence-corrected chi connectivity index (χ1v) is 9.99. The summed E-state index contributed by atoms with van der Waals surface area (Å²) in [7, 11) is 0. The molecular weight excluding hydrogens is 326 g/mol. The van der Waals surface area contributed by atoms with Crippen LogP contribution in [0, 0.1) is 11.8 Å². The Kier molecular flexibility index (Phi) is 6.17. The number of carbonyl (C=O) groups is 2. The van der Waals surface area contributed by atoms with Crippen LogP contribution in [-0.4, -0.2) is 42.9 Å². The van der Waals surface area contributed by atoms with E-state index in [1.165, 1.54) is 19.3 Å². The maximum Gasteiger partial charge on any atom is 0.226 e. The van der Waals surface area contributed by atoms with E-state index >= 15 is 0 Å². The zero-order valence-corrected chi connectivity index (χ0v) is 16.0. The lowest BCUT2D eigenvalue weighted by Gasteiger charge is -2.38. The van der Waals surface area contributed by atoms with Crippen molar-refractivity contribution in [1.29, 1.82) is 0 Å². The third-order valence-corrected chi connectivity index (χ3v) is 5.57. The Hall–Kier alpha value is -2.04. The fraction of sp³-hybridized carbons (Fsp3) is 0.619. The summed E-state index contributed by atoms with van der Waals surface area (Å²) >= 11 is 0. The Bertz CT molecular complexity index is 613. The number of amides is 2. The van der Waals surface area contributed by atoms with Crippen LogP contribution in [0.1, 0.15) is 46.0 Å². The van der Waals surface area contributed by atoms with E-state index in [9.17, 15) is 9.59 Å². The molecule has 1 N–H and O–H groups in total. The summed E-state index contributed by atoms with van der Waals surface area (Å²) in [6.45, 7) is 7.13. The predicted octanol–water partition coefficient (Wildman–Crippen LogP) is 3.51. The van der Waals surface area contributed by atoms with Crippen molar-refractivity contribution >= 4 is 23.2 Å². The molecule has 0 bridgehead atoms. The molecule has 2 aliphatic rings. The molecule has 1 saturated carbocycles. The molecule has 1 aromatic rings. The van der Waals surface area contributed by atoms with Crippen molar-refractivity contribution in [3.05, 3.63) is 24.3 Å². The van der Waals surface area contributed by atoms with E-state index in [0.717, 1.165) is 50.4 Å². The molecule has 0 spiro atoms. The van der Waals surface area contributed by atoms with Gasteiger partial charge in [0.2, 0.25) is 11.8 Å². The van der Waals surface area contributed by atoms with E-state index in [0.29, 0.717) is 5.91 Å². The summed E-state index contributed by atoms with van der Waals surface area (Å²) in [5, 5.41) is 2.92. The SMILES string of the molecule is CC(C)C(=O)Nc1ccc(N2CCN(C(=O)C3CCCCC3)CC2)cc1. The normalized spacial score (nSPS) is 18.9. The Labute approximate surface area is 156 Å². The zero-order valence-electron chi connectivity index (χ0n) is 16.0. The topological polar surface area (TPSA) is 52.7 Å². The molecule has 0 aromatic heterocycles.